The van der Waals surface area contributed by atoms with Gasteiger partial charge in [-0.1, -0.05) is 18.2 Å². The molecule has 1 saturated heterocycles. The minimum absolute atomic E-state index is 0.0122. The zero-order chi connectivity index (χ0) is 23.5. The molecule has 3 aromatic rings. The number of piperazine rings is 1. The topological polar surface area (TPSA) is 77.7 Å². The summed E-state index contributed by atoms with van der Waals surface area (Å²) in [6.45, 7) is 8.47. The zero-order valence-corrected chi connectivity index (χ0v) is 19.8. The number of methoxy groups -OCH3 is 1. The van der Waals surface area contributed by atoms with Gasteiger partial charge in [-0.3, -0.25) is 14.5 Å². The fourth-order valence-corrected chi connectivity index (χ4v) is 4.55. The van der Waals surface area contributed by atoms with Gasteiger partial charge >= 0.3 is 0 Å². The Hall–Kier alpha value is -3.32. The first-order chi connectivity index (χ1) is 15.9. The van der Waals surface area contributed by atoms with Crippen molar-refractivity contribution < 1.29 is 14.3 Å². The Balaban J connectivity index is 1.38. The van der Waals surface area contributed by atoms with Crippen LogP contribution in [-0.4, -0.2) is 59.9 Å². The molecule has 1 fully saturated rings. The highest BCUT2D eigenvalue weighted by molar-refractivity contribution is 5.85. The Morgan fingerprint density at radius 3 is 2.58 bits per heavy atom. The van der Waals surface area contributed by atoms with Crippen molar-refractivity contribution in [1.82, 2.24) is 20.1 Å². The lowest BCUT2D eigenvalue weighted by Gasteiger charge is -2.41. The molecule has 1 aromatic heterocycles. The van der Waals surface area contributed by atoms with Crippen molar-refractivity contribution >= 4 is 22.7 Å². The van der Waals surface area contributed by atoms with E-state index in [9.17, 15) is 9.59 Å². The number of nitrogens with one attached hydrogen (secondary N) is 2. The van der Waals surface area contributed by atoms with Gasteiger partial charge < -0.3 is 19.9 Å². The lowest BCUT2D eigenvalue weighted by atomic mass is 10.0. The van der Waals surface area contributed by atoms with Gasteiger partial charge in [-0.25, -0.2) is 0 Å². The van der Waals surface area contributed by atoms with E-state index in [1.165, 1.54) is 16.6 Å². The van der Waals surface area contributed by atoms with E-state index in [-0.39, 0.29) is 17.9 Å². The molecule has 1 aliphatic heterocycles. The van der Waals surface area contributed by atoms with Gasteiger partial charge in [0, 0.05) is 49.7 Å². The standard InChI is InChI=1S/C26H32N4O3/c1-17-18(2)28-24-10-5-20(13-23(17)24)14-27-26(32)16-29-11-12-30(19(3)31)25(15-29)21-6-8-22(33-4)9-7-21/h5-10,13,25,28H,11-12,14-16H2,1-4H3,(H,27,32)/t25-/m0/s1. The van der Waals surface area contributed by atoms with Crippen molar-refractivity contribution in [1.29, 1.82) is 0 Å². The van der Waals surface area contributed by atoms with E-state index < -0.39 is 0 Å². The third-order valence-electron chi connectivity index (χ3n) is 6.60. The summed E-state index contributed by atoms with van der Waals surface area (Å²) in [5.74, 6) is 0.816. The maximum absolute atomic E-state index is 12.7. The molecule has 0 radical (unpaired) electrons. The van der Waals surface area contributed by atoms with Gasteiger partial charge in [0.1, 0.15) is 5.75 Å². The second-order valence-electron chi connectivity index (χ2n) is 8.77. The molecule has 1 atom stereocenters. The first kappa shape index (κ1) is 22.9. The number of aryl methyl sites for hydroxylation is 2. The average molecular weight is 449 g/mol. The number of rotatable bonds is 6. The summed E-state index contributed by atoms with van der Waals surface area (Å²) in [6.07, 6.45) is 0. The SMILES string of the molecule is COc1ccc([C@@H]2CN(CC(=O)NCc3ccc4[nH]c(C)c(C)c4c3)CCN2C(C)=O)cc1. The van der Waals surface area contributed by atoms with Crippen LogP contribution in [0.4, 0.5) is 0 Å². The highest BCUT2D eigenvalue weighted by Crippen LogP contribution is 2.27. The summed E-state index contributed by atoms with van der Waals surface area (Å²) in [5, 5.41) is 4.25. The number of nitrogens with zero attached hydrogens (tertiary/aromatic N) is 2. The molecule has 0 spiro atoms. The van der Waals surface area contributed by atoms with Crippen molar-refractivity contribution in [3.8, 4) is 5.75 Å². The lowest BCUT2D eigenvalue weighted by molar-refractivity contribution is -0.134. The Bertz CT molecular complexity index is 1150. The van der Waals surface area contributed by atoms with Crippen LogP contribution < -0.4 is 10.1 Å². The molecule has 2 aromatic carbocycles. The predicted molar refractivity (Wildman–Crippen MR) is 129 cm³/mol. The van der Waals surface area contributed by atoms with Crippen molar-refractivity contribution in [2.75, 3.05) is 33.3 Å². The molecule has 0 unspecified atom stereocenters. The Kier molecular flexibility index (Phi) is 6.70. The number of hydrogen-bond acceptors (Lipinski definition) is 4. The third kappa shape index (κ3) is 5.03. The van der Waals surface area contributed by atoms with Crippen LogP contribution in [-0.2, 0) is 16.1 Å². The van der Waals surface area contributed by atoms with Crippen LogP contribution in [0.25, 0.3) is 10.9 Å². The van der Waals surface area contributed by atoms with Crippen molar-refractivity contribution in [3.05, 3.63) is 64.8 Å². The lowest BCUT2D eigenvalue weighted by Crippen LogP contribution is -2.52. The molecule has 7 heteroatoms. The van der Waals surface area contributed by atoms with Crippen LogP contribution in [0.15, 0.2) is 42.5 Å². The summed E-state index contributed by atoms with van der Waals surface area (Å²) in [5.41, 5.74) is 5.65. The monoisotopic (exact) mass is 448 g/mol. The molecule has 4 rings (SSSR count). The molecule has 0 saturated carbocycles. The molecule has 0 aliphatic carbocycles. The molecule has 2 amide bonds. The van der Waals surface area contributed by atoms with Gasteiger partial charge in [0.15, 0.2) is 0 Å². The highest BCUT2D eigenvalue weighted by Gasteiger charge is 2.30. The summed E-state index contributed by atoms with van der Waals surface area (Å²) in [4.78, 5) is 32.3. The van der Waals surface area contributed by atoms with Gasteiger partial charge in [0.25, 0.3) is 0 Å². The zero-order valence-electron chi connectivity index (χ0n) is 19.8. The number of H-pyrrole nitrogens is 1. The second-order valence-corrected chi connectivity index (χ2v) is 8.77. The van der Waals surface area contributed by atoms with Gasteiger partial charge in [0.2, 0.25) is 11.8 Å². The summed E-state index contributed by atoms with van der Waals surface area (Å²) in [6, 6.07) is 14.0. The van der Waals surface area contributed by atoms with E-state index in [4.69, 9.17) is 4.74 Å². The largest absolute Gasteiger partial charge is 0.497 e. The van der Waals surface area contributed by atoms with E-state index in [1.54, 1.807) is 14.0 Å². The fourth-order valence-electron chi connectivity index (χ4n) is 4.55. The van der Waals surface area contributed by atoms with Gasteiger partial charge in [-0.2, -0.15) is 0 Å². The number of ether oxygens (including phenoxy) is 1. The Morgan fingerprint density at radius 1 is 1.12 bits per heavy atom. The highest BCUT2D eigenvalue weighted by atomic mass is 16.5. The number of benzene rings is 2. The molecular weight excluding hydrogens is 416 g/mol. The van der Waals surface area contributed by atoms with Crippen LogP contribution in [0.3, 0.4) is 0 Å². The second kappa shape index (κ2) is 9.67. The van der Waals surface area contributed by atoms with Crippen LogP contribution in [0, 0.1) is 13.8 Å². The van der Waals surface area contributed by atoms with Crippen LogP contribution in [0.2, 0.25) is 0 Å². The van der Waals surface area contributed by atoms with Crippen LogP contribution >= 0.6 is 0 Å². The van der Waals surface area contributed by atoms with Crippen molar-refractivity contribution in [2.45, 2.75) is 33.4 Å². The summed E-state index contributed by atoms with van der Waals surface area (Å²) in [7, 11) is 1.64. The quantitative estimate of drug-likeness (QED) is 0.607. The molecule has 33 heavy (non-hydrogen) atoms. The van der Waals surface area contributed by atoms with Crippen LogP contribution in [0.1, 0.15) is 35.3 Å². The number of amides is 2. The van der Waals surface area contributed by atoms with E-state index >= 15 is 0 Å². The number of aromatic amines is 1. The number of carbonyl (C=O) groups is 2. The Labute approximate surface area is 194 Å². The molecule has 2 heterocycles. The van der Waals surface area contributed by atoms with E-state index in [0.29, 0.717) is 32.7 Å². The molecular formula is C26H32N4O3. The van der Waals surface area contributed by atoms with Crippen molar-refractivity contribution in [2.24, 2.45) is 0 Å². The molecule has 2 N–H and O–H groups in total. The molecule has 174 valence electrons. The molecule has 0 bridgehead atoms. The molecule has 7 nitrogen and oxygen atoms in total. The number of aromatic nitrogens is 1. The average Bonchev–Trinajstić information content (AvgIpc) is 3.10. The van der Waals surface area contributed by atoms with E-state index in [2.05, 4.69) is 41.2 Å². The smallest absolute Gasteiger partial charge is 0.234 e. The number of hydrogen-bond donors (Lipinski definition) is 2. The van der Waals surface area contributed by atoms with Gasteiger partial charge in [0.05, 0.1) is 19.7 Å². The van der Waals surface area contributed by atoms with Crippen LogP contribution in [0.5, 0.6) is 5.75 Å². The summed E-state index contributed by atoms with van der Waals surface area (Å²) >= 11 is 0. The normalized spacial score (nSPS) is 16.7. The number of fused-ring (bicyclic) bond motifs is 1. The van der Waals surface area contributed by atoms with Gasteiger partial charge in [-0.05, 0) is 54.8 Å². The maximum atomic E-state index is 12.7. The first-order valence-corrected chi connectivity index (χ1v) is 11.3. The minimum Gasteiger partial charge on any atom is -0.497 e. The van der Waals surface area contributed by atoms with E-state index in [1.807, 2.05) is 35.2 Å². The maximum Gasteiger partial charge on any atom is 0.234 e. The first-order valence-electron chi connectivity index (χ1n) is 11.3. The number of carbonyl (C=O) groups excluding carboxylic acids is 2. The summed E-state index contributed by atoms with van der Waals surface area (Å²) < 4.78 is 5.25. The third-order valence-corrected chi connectivity index (χ3v) is 6.60. The predicted octanol–water partition coefficient (Wildman–Crippen LogP) is 3.31. The van der Waals surface area contributed by atoms with E-state index in [0.717, 1.165) is 22.4 Å². The van der Waals surface area contributed by atoms with Crippen molar-refractivity contribution in [3.63, 3.8) is 0 Å². The van der Waals surface area contributed by atoms with Gasteiger partial charge in [-0.15, -0.1) is 0 Å². The minimum atomic E-state index is -0.0860. The molecule has 1 aliphatic rings. The fraction of sp³-hybridized carbons (Fsp3) is 0.385. The Morgan fingerprint density at radius 2 is 1.88 bits per heavy atom.